The lowest BCUT2D eigenvalue weighted by Crippen LogP contribution is -2.09. The molecule has 0 saturated carbocycles. The van der Waals surface area contributed by atoms with Crippen LogP contribution in [0.3, 0.4) is 0 Å². The van der Waals surface area contributed by atoms with Crippen LogP contribution in [-0.4, -0.2) is 23.0 Å². The van der Waals surface area contributed by atoms with Crippen molar-refractivity contribution in [3.8, 4) is 0 Å². The molecule has 1 aromatic rings. The molecule has 1 aromatic heterocycles. The molecular formula is C11H19N3S. The van der Waals surface area contributed by atoms with Crippen LogP contribution in [0.4, 0.5) is 11.5 Å². The van der Waals surface area contributed by atoms with Gasteiger partial charge in [0.1, 0.15) is 5.82 Å². The molecule has 1 heterocycles. The van der Waals surface area contributed by atoms with Gasteiger partial charge >= 0.3 is 0 Å². The Morgan fingerprint density at radius 3 is 2.93 bits per heavy atom. The van der Waals surface area contributed by atoms with E-state index in [9.17, 15) is 0 Å². The fourth-order valence-electron chi connectivity index (χ4n) is 1.18. The van der Waals surface area contributed by atoms with Gasteiger partial charge in [-0.1, -0.05) is 6.92 Å². The van der Waals surface area contributed by atoms with Gasteiger partial charge < -0.3 is 11.1 Å². The van der Waals surface area contributed by atoms with Crippen molar-refractivity contribution in [3.05, 3.63) is 17.8 Å². The maximum Gasteiger partial charge on any atom is 0.126 e. The zero-order chi connectivity index (χ0) is 11.3. The van der Waals surface area contributed by atoms with Crippen molar-refractivity contribution >= 4 is 23.3 Å². The molecule has 0 aliphatic carbocycles. The Labute approximate surface area is 95.9 Å². The first kappa shape index (κ1) is 12.2. The van der Waals surface area contributed by atoms with E-state index in [0.717, 1.165) is 30.0 Å². The van der Waals surface area contributed by atoms with Gasteiger partial charge in [-0.2, -0.15) is 11.8 Å². The van der Waals surface area contributed by atoms with E-state index in [0.29, 0.717) is 5.25 Å². The van der Waals surface area contributed by atoms with E-state index in [2.05, 4.69) is 23.5 Å². The minimum Gasteiger partial charge on any atom is -0.397 e. The molecule has 0 amide bonds. The Kier molecular flexibility index (Phi) is 4.75. The Bertz CT molecular complexity index is 315. The van der Waals surface area contributed by atoms with Gasteiger partial charge in [0.25, 0.3) is 0 Å². The van der Waals surface area contributed by atoms with Crippen LogP contribution in [0.2, 0.25) is 0 Å². The summed E-state index contributed by atoms with van der Waals surface area (Å²) < 4.78 is 0. The molecule has 1 unspecified atom stereocenters. The smallest absolute Gasteiger partial charge is 0.126 e. The molecule has 4 heteroatoms. The topological polar surface area (TPSA) is 50.9 Å². The van der Waals surface area contributed by atoms with Crippen LogP contribution in [0.15, 0.2) is 12.3 Å². The minimum atomic E-state index is 0.687. The molecule has 1 atom stereocenters. The molecular weight excluding hydrogens is 206 g/mol. The van der Waals surface area contributed by atoms with E-state index < -0.39 is 0 Å². The highest BCUT2D eigenvalue weighted by atomic mass is 32.2. The lowest BCUT2D eigenvalue weighted by Gasteiger charge is -2.10. The van der Waals surface area contributed by atoms with Crippen LogP contribution in [-0.2, 0) is 0 Å². The largest absolute Gasteiger partial charge is 0.397 e. The highest BCUT2D eigenvalue weighted by Crippen LogP contribution is 2.14. The summed E-state index contributed by atoms with van der Waals surface area (Å²) in [5.74, 6) is 0.912. The molecule has 84 valence electrons. The Hall–Kier alpha value is -0.900. The number of thioether (sulfide) groups is 1. The third-order valence-electron chi connectivity index (χ3n) is 2.41. The number of nitrogens with two attached hydrogens (primary N) is 1. The molecule has 0 aliphatic rings. The number of nitrogens with zero attached hydrogens (tertiary/aromatic N) is 1. The number of pyridine rings is 1. The average Bonchev–Trinajstić information content (AvgIpc) is 2.23. The summed E-state index contributed by atoms with van der Waals surface area (Å²) in [4.78, 5) is 4.22. The van der Waals surface area contributed by atoms with E-state index in [1.54, 1.807) is 6.20 Å². The second-order valence-corrected chi connectivity index (χ2v) is 4.96. The van der Waals surface area contributed by atoms with Gasteiger partial charge in [-0.15, -0.1) is 0 Å². The first-order valence-corrected chi connectivity index (χ1v) is 6.41. The van der Waals surface area contributed by atoms with E-state index in [4.69, 9.17) is 5.73 Å². The molecule has 0 saturated heterocycles. The fraction of sp³-hybridized carbons (Fsp3) is 0.545. The summed E-state index contributed by atoms with van der Waals surface area (Å²) in [6.45, 7) is 5.18. The number of rotatable bonds is 5. The number of hydrogen-bond acceptors (Lipinski definition) is 4. The molecule has 0 bridgehead atoms. The Balaban J connectivity index is 2.41. The number of anilines is 2. The maximum atomic E-state index is 5.69. The zero-order valence-electron chi connectivity index (χ0n) is 9.58. The van der Waals surface area contributed by atoms with Gasteiger partial charge in [0, 0.05) is 11.8 Å². The highest BCUT2D eigenvalue weighted by molar-refractivity contribution is 7.99. The van der Waals surface area contributed by atoms with Crippen LogP contribution in [0.25, 0.3) is 0 Å². The lowest BCUT2D eigenvalue weighted by molar-refractivity contribution is 0.850. The van der Waals surface area contributed by atoms with Crippen molar-refractivity contribution in [2.75, 3.05) is 23.9 Å². The fourth-order valence-corrected chi connectivity index (χ4v) is 1.54. The molecule has 0 fully saturated rings. The third kappa shape index (κ3) is 4.00. The summed E-state index contributed by atoms with van der Waals surface area (Å²) >= 11 is 1.89. The van der Waals surface area contributed by atoms with Crippen LogP contribution in [0, 0.1) is 6.92 Å². The lowest BCUT2D eigenvalue weighted by atomic mass is 10.2. The SMILES string of the molecule is CSC(C)CCNc1cc(C)c(N)cn1. The van der Waals surface area contributed by atoms with Crippen LogP contribution in [0.1, 0.15) is 18.9 Å². The Morgan fingerprint density at radius 1 is 1.60 bits per heavy atom. The molecule has 0 radical (unpaired) electrons. The monoisotopic (exact) mass is 225 g/mol. The van der Waals surface area contributed by atoms with Crippen molar-refractivity contribution in [3.63, 3.8) is 0 Å². The van der Waals surface area contributed by atoms with E-state index >= 15 is 0 Å². The molecule has 3 nitrogen and oxygen atoms in total. The summed E-state index contributed by atoms with van der Waals surface area (Å²) in [6.07, 6.45) is 4.98. The van der Waals surface area contributed by atoms with Gasteiger partial charge in [0.2, 0.25) is 0 Å². The van der Waals surface area contributed by atoms with Crippen molar-refractivity contribution < 1.29 is 0 Å². The summed E-state index contributed by atoms with van der Waals surface area (Å²) in [7, 11) is 0. The van der Waals surface area contributed by atoms with Crippen LogP contribution in [0.5, 0.6) is 0 Å². The van der Waals surface area contributed by atoms with Gasteiger partial charge in [-0.25, -0.2) is 4.98 Å². The molecule has 0 spiro atoms. The summed E-state index contributed by atoms with van der Waals surface area (Å²) in [5, 5.41) is 3.99. The van der Waals surface area contributed by atoms with E-state index in [-0.39, 0.29) is 0 Å². The van der Waals surface area contributed by atoms with Gasteiger partial charge in [0.05, 0.1) is 11.9 Å². The summed E-state index contributed by atoms with van der Waals surface area (Å²) in [5.41, 5.74) is 7.52. The molecule has 3 N–H and O–H groups in total. The van der Waals surface area contributed by atoms with Crippen molar-refractivity contribution in [2.45, 2.75) is 25.5 Å². The average molecular weight is 225 g/mol. The standard InChI is InChI=1S/C11H19N3S/c1-8-6-11(14-7-10(8)12)13-5-4-9(2)15-3/h6-7,9H,4-5,12H2,1-3H3,(H,13,14). The van der Waals surface area contributed by atoms with Gasteiger partial charge in [-0.05, 0) is 31.2 Å². The van der Waals surface area contributed by atoms with E-state index in [1.165, 1.54) is 0 Å². The predicted molar refractivity (Wildman–Crippen MR) is 69.5 cm³/mol. The van der Waals surface area contributed by atoms with Gasteiger partial charge in [0.15, 0.2) is 0 Å². The predicted octanol–water partition coefficient (Wildman–Crippen LogP) is 2.53. The quantitative estimate of drug-likeness (QED) is 0.808. The Morgan fingerprint density at radius 2 is 2.33 bits per heavy atom. The molecule has 15 heavy (non-hydrogen) atoms. The first-order chi connectivity index (χ1) is 7.13. The minimum absolute atomic E-state index is 0.687. The number of nitrogens with one attached hydrogen (secondary N) is 1. The van der Waals surface area contributed by atoms with Crippen LogP contribution < -0.4 is 11.1 Å². The maximum absolute atomic E-state index is 5.69. The summed E-state index contributed by atoms with van der Waals surface area (Å²) in [6, 6.07) is 1.99. The van der Waals surface area contributed by atoms with Crippen molar-refractivity contribution in [2.24, 2.45) is 0 Å². The van der Waals surface area contributed by atoms with E-state index in [1.807, 2.05) is 24.8 Å². The number of aryl methyl sites for hydroxylation is 1. The second-order valence-electron chi connectivity index (χ2n) is 3.69. The number of nitrogen functional groups attached to an aromatic ring is 1. The molecule has 1 rings (SSSR count). The normalized spacial score (nSPS) is 12.5. The number of hydrogen-bond donors (Lipinski definition) is 2. The first-order valence-electron chi connectivity index (χ1n) is 5.12. The third-order valence-corrected chi connectivity index (χ3v) is 3.45. The van der Waals surface area contributed by atoms with Crippen molar-refractivity contribution in [1.82, 2.24) is 4.98 Å². The van der Waals surface area contributed by atoms with Crippen molar-refractivity contribution in [1.29, 1.82) is 0 Å². The molecule has 0 aromatic carbocycles. The highest BCUT2D eigenvalue weighted by Gasteiger charge is 2.00. The van der Waals surface area contributed by atoms with Crippen LogP contribution >= 0.6 is 11.8 Å². The second kappa shape index (κ2) is 5.85. The zero-order valence-corrected chi connectivity index (χ0v) is 10.4. The number of aromatic nitrogens is 1. The van der Waals surface area contributed by atoms with Gasteiger partial charge in [-0.3, -0.25) is 0 Å². The molecule has 0 aliphatic heterocycles.